The van der Waals surface area contributed by atoms with Gasteiger partial charge in [-0.2, -0.15) is 0 Å². The number of amides is 1. The Morgan fingerprint density at radius 1 is 1.41 bits per heavy atom. The van der Waals surface area contributed by atoms with Crippen molar-refractivity contribution in [1.82, 2.24) is 10.6 Å². The molecule has 1 unspecified atom stereocenters. The van der Waals surface area contributed by atoms with Crippen LogP contribution in [0.25, 0.3) is 0 Å². The summed E-state index contributed by atoms with van der Waals surface area (Å²) in [5.41, 5.74) is 1.21. The molecule has 92 valence electrons. The van der Waals surface area contributed by atoms with Crippen LogP contribution in [-0.4, -0.2) is 19.0 Å². The second kappa shape index (κ2) is 7.63. The molecule has 17 heavy (non-hydrogen) atoms. The van der Waals surface area contributed by atoms with Crippen molar-refractivity contribution in [3.8, 4) is 0 Å². The number of nitrogens with one attached hydrogen (secondary N) is 2. The van der Waals surface area contributed by atoms with E-state index in [0.717, 1.165) is 6.42 Å². The van der Waals surface area contributed by atoms with Crippen LogP contribution in [0, 0.1) is 0 Å². The van der Waals surface area contributed by atoms with E-state index in [4.69, 9.17) is 0 Å². The van der Waals surface area contributed by atoms with Gasteiger partial charge in [0.15, 0.2) is 0 Å². The van der Waals surface area contributed by atoms with Gasteiger partial charge >= 0.3 is 0 Å². The molecule has 3 heteroatoms. The van der Waals surface area contributed by atoms with Crippen molar-refractivity contribution in [2.75, 3.05) is 13.1 Å². The van der Waals surface area contributed by atoms with E-state index in [-0.39, 0.29) is 11.9 Å². The number of rotatable bonds is 7. The lowest BCUT2D eigenvalue weighted by molar-refractivity contribution is -0.120. The summed E-state index contributed by atoms with van der Waals surface area (Å²) < 4.78 is 0. The first-order valence-electron chi connectivity index (χ1n) is 5.93. The van der Waals surface area contributed by atoms with E-state index in [0.29, 0.717) is 13.1 Å². The van der Waals surface area contributed by atoms with Gasteiger partial charge in [-0.3, -0.25) is 4.79 Å². The Labute approximate surface area is 103 Å². The quantitative estimate of drug-likeness (QED) is 0.706. The summed E-state index contributed by atoms with van der Waals surface area (Å²) in [5, 5.41) is 5.99. The smallest absolute Gasteiger partial charge is 0.234 e. The molecule has 1 aromatic rings. The maximum Gasteiger partial charge on any atom is 0.234 e. The van der Waals surface area contributed by atoms with Crippen LogP contribution in [0.5, 0.6) is 0 Å². The van der Waals surface area contributed by atoms with Crippen molar-refractivity contribution in [2.24, 2.45) is 0 Å². The molecule has 0 saturated carbocycles. The fourth-order valence-corrected chi connectivity index (χ4v) is 1.65. The van der Waals surface area contributed by atoms with E-state index >= 15 is 0 Å². The van der Waals surface area contributed by atoms with Crippen molar-refractivity contribution in [1.29, 1.82) is 0 Å². The molecule has 0 aliphatic carbocycles. The average Bonchev–Trinajstić information content (AvgIpc) is 2.38. The molecule has 1 rings (SSSR count). The van der Waals surface area contributed by atoms with Crippen LogP contribution in [0.1, 0.15) is 24.9 Å². The van der Waals surface area contributed by atoms with E-state index in [9.17, 15) is 4.79 Å². The Hall–Kier alpha value is -1.61. The molecular weight excluding hydrogens is 212 g/mol. The fourth-order valence-electron chi connectivity index (χ4n) is 1.65. The van der Waals surface area contributed by atoms with Crippen LogP contribution in [0.2, 0.25) is 0 Å². The monoisotopic (exact) mass is 232 g/mol. The Bertz CT molecular complexity index is 348. The molecule has 0 aliphatic rings. The summed E-state index contributed by atoms with van der Waals surface area (Å²) in [7, 11) is 0. The van der Waals surface area contributed by atoms with E-state index in [1.165, 1.54) is 5.56 Å². The molecule has 0 bridgehead atoms. The topological polar surface area (TPSA) is 41.1 Å². The third kappa shape index (κ3) is 4.83. The third-order valence-corrected chi connectivity index (χ3v) is 2.56. The van der Waals surface area contributed by atoms with Crippen molar-refractivity contribution in [3.05, 3.63) is 48.6 Å². The van der Waals surface area contributed by atoms with Crippen LogP contribution in [0.4, 0.5) is 0 Å². The van der Waals surface area contributed by atoms with Crippen LogP contribution in [0.3, 0.4) is 0 Å². The lowest BCUT2D eigenvalue weighted by atomic mass is 10.0. The molecule has 0 fully saturated rings. The van der Waals surface area contributed by atoms with Gasteiger partial charge in [-0.25, -0.2) is 0 Å². The molecule has 0 aliphatic heterocycles. The summed E-state index contributed by atoms with van der Waals surface area (Å²) in [6.07, 6.45) is 2.63. The Morgan fingerprint density at radius 2 is 2.12 bits per heavy atom. The highest BCUT2D eigenvalue weighted by Crippen LogP contribution is 2.15. The van der Waals surface area contributed by atoms with Crippen LogP contribution >= 0.6 is 0 Å². The van der Waals surface area contributed by atoms with Gasteiger partial charge in [0.25, 0.3) is 0 Å². The zero-order valence-electron chi connectivity index (χ0n) is 10.3. The van der Waals surface area contributed by atoms with E-state index in [2.05, 4.69) is 36.3 Å². The first-order chi connectivity index (χ1) is 8.27. The molecule has 3 nitrogen and oxygen atoms in total. The van der Waals surface area contributed by atoms with Gasteiger partial charge in [-0.05, 0) is 12.0 Å². The summed E-state index contributed by atoms with van der Waals surface area (Å²) in [6, 6.07) is 10.4. The summed E-state index contributed by atoms with van der Waals surface area (Å²) in [6.45, 7) is 6.51. The normalized spacial score (nSPS) is 11.8. The molecule has 0 spiro atoms. The van der Waals surface area contributed by atoms with Gasteiger partial charge in [0.1, 0.15) is 0 Å². The minimum Gasteiger partial charge on any atom is -0.352 e. The summed E-state index contributed by atoms with van der Waals surface area (Å²) in [4.78, 5) is 11.4. The highest BCUT2D eigenvalue weighted by atomic mass is 16.1. The second-order valence-corrected chi connectivity index (χ2v) is 3.85. The number of carbonyl (C=O) groups excluding carboxylic acids is 1. The first kappa shape index (κ1) is 13.5. The van der Waals surface area contributed by atoms with Gasteiger partial charge in [-0.15, -0.1) is 6.58 Å². The van der Waals surface area contributed by atoms with Gasteiger partial charge in [0, 0.05) is 12.6 Å². The number of hydrogen-bond acceptors (Lipinski definition) is 2. The number of carbonyl (C=O) groups is 1. The van der Waals surface area contributed by atoms with Crippen molar-refractivity contribution in [3.63, 3.8) is 0 Å². The average molecular weight is 232 g/mol. The second-order valence-electron chi connectivity index (χ2n) is 3.85. The van der Waals surface area contributed by atoms with E-state index in [1.54, 1.807) is 6.08 Å². The fraction of sp³-hybridized carbons (Fsp3) is 0.357. The van der Waals surface area contributed by atoms with E-state index in [1.807, 2.05) is 18.2 Å². The predicted molar refractivity (Wildman–Crippen MR) is 70.7 cm³/mol. The molecule has 2 N–H and O–H groups in total. The SMILES string of the molecule is C=CCNC(=O)CNC(CC)c1ccccc1. The molecule has 1 atom stereocenters. The number of hydrogen-bond donors (Lipinski definition) is 2. The Balaban J connectivity index is 2.43. The molecule has 0 radical (unpaired) electrons. The Kier molecular flexibility index (Phi) is 6.04. The first-order valence-corrected chi connectivity index (χ1v) is 5.93. The maximum absolute atomic E-state index is 11.4. The highest BCUT2D eigenvalue weighted by Gasteiger charge is 2.09. The van der Waals surface area contributed by atoms with Crippen molar-refractivity contribution < 1.29 is 4.79 Å². The highest BCUT2D eigenvalue weighted by molar-refractivity contribution is 5.78. The minimum absolute atomic E-state index is 0.000666. The van der Waals surface area contributed by atoms with Gasteiger partial charge in [-0.1, -0.05) is 43.3 Å². The minimum atomic E-state index is -0.000666. The van der Waals surface area contributed by atoms with E-state index < -0.39 is 0 Å². The lowest BCUT2D eigenvalue weighted by Gasteiger charge is -2.16. The van der Waals surface area contributed by atoms with Gasteiger partial charge in [0.2, 0.25) is 5.91 Å². The molecule has 0 aromatic heterocycles. The van der Waals surface area contributed by atoms with Crippen LogP contribution < -0.4 is 10.6 Å². The Morgan fingerprint density at radius 3 is 2.71 bits per heavy atom. The molecule has 1 aromatic carbocycles. The largest absolute Gasteiger partial charge is 0.352 e. The van der Waals surface area contributed by atoms with Crippen LogP contribution in [-0.2, 0) is 4.79 Å². The molecule has 0 saturated heterocycles. The van der Waals surface area contributed by atoms with Crippen molar-refractivity contribution >= 4 is 5.91 Å². The molecule has 1 amide bonds. The third-order valence-electron chi connectivity index (χ3n) is 2.56. The predicted octanol–water partition coefficient (Wildman–Crippen LogP) is 2.03. The summed E-state index contributed by atoms with van der Waals surface area (Å²) in [5.74, 6) is -0.000666. The summed E-state index contributed by atoms with van der Waals surface area (Å²) >= 11 is 0. The van der Waals surface area contributed by atoms with Gasteiger partial charge in [0.05, 0.1) is 6.54 Å². The zero-order valence-corrected chi connectivity index (χ0v) is 10.3. The molecule has 0 heterocycles. The van der Waals surface area contributed by atoms with Gasteiger partial charge < -0.3 is 10.6 Å². The molecular formula is C14H20N2O. The zero-order chi connectivity index (χ0) is 12.5. The standard InChI is InChI=1S/C14H20N2O/c1-3-10-15-14(17)11-16-13(4-2)12-8-6-5-7-9-12/h3,5-9,13,16H,1,4,10-11H2,2H3,(H,15,17). The van der Waals surface area contributed by atoms with Crippen molar-refractivity contribution in [2.45, 2.75) is 19.4 Å². The number of benzene rings is 1. The van der Waals surface area contributed by atoms with Crippen LogP contribution in [0.15, 0.2) is 43.0 Å². The lowest BCUT2D eigenvalue weighted by Crippen LogP contribution is -2.35. The maximum atomic E-state index is 11.4.